The third kappa shape index (κ3) is 3.89. The van der Waals surface area contributed by atoms with Gasteiger partial charge in [-0.3, -0.25) is 0 Å². The van der Waals surface area contributed by atoms with Gasteiger partial charge in [-0.1, -0.05) is 6.07 Å². The second-order valence-corrected chi connectivity index (χ2v) is 5.54. The van der Waals surface area contributed by atoms with Crippen LogP contribution in [0.15, 0.2) is 17.5 Å². The highest BCUT2D eigenvalue weighted by Gasteiger charge is 2.15. The molecule has 0 radical (unpaired) electrons. The SMILES string of the molecule is OC(CCCC1CCCO1)Cc1cccs1. The van der Waals surface area contributed by atoms with E-state index in [0.29, 0.717) is 6.10 Å². The summed E-state index contributed by atoms with van der Waals surface area (Å²) in [5, 5.41) is 11.9. The van der Waals surface area contributed by atoms with Crippen molar-refractivity contribution in [2.75, 3.05) is 6.61 Å². The van der Waals surface area contributed by atoms with Crippen LogP contribution in [0.5, 0.6) is 0 Å². The number of ether oxygens (including phenoxy) is 1. The van der Waals surface area contributed by atoms with Crippen molar-refractivity contribution in [1.29, 1.82) is 0 Å². The minimum absolute atomic E-state index is 0.181. The molecule has 1 aromatic rings. The van der Waals surface area contributed by atoms with E-state index < -0.39 is 0 Å². The lowest BCUT2D eigenvalue weighted by Gasteiger charge is -2.12. The van der Waals surface area contributed by atoms with Crippen LogP contribution in [0.4, 0.5) is 0 Å². The molecule has 16 heavy (non-hydrogen) atoms. The molecule has 0 saturated carbocycles. The number of rotatable bonds is 6. The van der Waals surface area contributed by atoms with Crippen molar-refractivity contribution >= 4 is 11.3 Å². The third-order valence-electron chi connectivity index (χ3n) is 3.10. The van der Waals surface area contributed by atoms with Gasteiger partial charge in [0.25, 0.3) is 0 Å². The molecule has 1 N–H and O–H groups in total. The molecule has 0 aliphatic carbocycles. The average molecular weight is 240 g/mol. The van der Waals surface area contributed by atoms with Gasteiger partial charge in [0, 0.05) is 17.9 Å². The Kier molecular flexibility index (Phi) is 4.82. The van der Waals surface area contributed by atoms with Crippen LogP contribution in [0.25, 0.3) is 0 Å². The van der Waals surface area contributed by atoms with Crippen LogP contribution >= 0.6 is 11.3 Å². The molecule has 1 aliphatic rings. The molecule has 0 bridgehead atoms. The van der Waals surface area contributed by atoms with Gasteiger partial charge in [-0.05, 0) is 43.6 Å². The van der Waals surface area contributed by atoms with Gasteiger partial charge in [0.1, 0.15) is 0 Å². The van der Waals surface area contributed by atoms with Crippen LogP contribution in [-0.4, -0.2) is 23.9 Å². The van der Waals surface area contributed by atoms with E-state index in [2.05, 4.69) is 11.4 Å². The van der Waals surface area contributed by atoms with Crippen LogP contribution in [0.3, 0.4) is 0 Å². The van der Waals surface area contributed by atoms with Gasteiger partial charge in [0.2, 0.25) is 0 Å². The Morgan fingerprint density at radius 2 is 2.50 bits per heavy atom. The smallest absolute Gasteiger partial charge is 0.0588 e. The van der Waals surface area contributed by atoms with Crippen LogP contribution in [-0.2, 0) is 11.2 Å². The summed E-state index contributed by atoms with van der Waals surface area (Å²) < 4.78 is 5.56. The van der Waals surface area contributed by atoms with Crippen LogP contribution in [0, 0.1) is 0 Å². The molecule has 0 aromatic carbocycles. The van der Waals surface area contributed by atoms with Crippen molar-refractivity contribution < 1.29 is 9.84 Å². The summed E-state index contributed by atoms with van der Waals surface area (Å²) in [6.07, 6.45) is 6.61. The minimum atomic E-state index is -0.181. The standard InChI is InChI=1S/C13H20O2S/c14-11(10-13-7-3-9-16-13)4-1-5-12-6-2-8-15-12/h3,7,9,11-12,14H,1-2,4-6,8,10H2. The fraction of sp³-hybridized carbons (Fsp3) is 0.692. The molecule has 2 heterocycles. The largest absolute Gasteiger partial charge is 0.393 e. The lowest BCUT2D eigenvalue weighted by atomic mass is 10.0. The second-order valence-electron chi connectivity index (χ2n) is 4.50. The van der Waals surface area contributed by atoms with Gasteiger partial charge in [-0.25, -0.2) is 0 Å². The molecule has 2 rings (SSSR count). The predicted octanol–water partition coefficient (Wildman–Crippen LogP) is 3.00. The summed E-state index contributed by atoms with van der Waals surface area (Å²) in [5.74, 6) is 0. The van der Waals surface area contributed by atoms with Gasteiger partial charge < -0.3 is 9.84 Å². The van der Waals surface area contributed by atoms with Gasteiger partial charge in [-0.2, -0.15) is 0 Å². The van der Waals surface area contributed by atoms with E-state index in [-0.39, 0.29) is 6.10 Å². The lowest BCUT2D eigenvalue weighted by Crippen LogP contribution is -2.11. The van der Waals surface area contributed by atoms with Crippen molar-refractivity contribution in [3.8, 4) is 0 Å². The number of aliphatic hydroxyl groups excluding tert-OH is 1. The first-order chi connectivity index (χ1) is 7.84. The van der Waals surface area contributed by atoms with Gasteiger partial charge in [-0.15, -0.1) is 11.3 Å². The Hall–Kier alpha value is -0.380. The maximum Gasteiger partial charge on any atom is 0.0588 e. The minimum Gasteiger partial charge on any atom is -0.393 e. The fourth-order valence-electron chi connectivity index (χ4n) is 2.22. The van der Waals surface area contributed by atoms with Crippen LogP contribution in [0.2, 0.25) is 0 Å². The zero-order chi connectivity index (χ0) is 11.2. The van der Waals surface area contributed by atoms with Crippen molar-refractivity contribution in [3.05, 3.63) is 22.4 Å². The van der Waals surface area contributed by atoms with Crippen molar-refractivity contribution in [2.45, 2.75) is 50.7 Å². The maximum absolute atomic E-state index is 9.86. The number of thiophene rings is 1. The number of hydrogen-bond donors (Lipinski definition) is 1. The van der Waals surface area contributed by atoms with E-state index >= 15 is 0 Å². The molecule has 1 aromatic heterocycles. The summed E-state index contributed by atoms with van der Waals surface area (Å²) in [5.41, 5.74) is 0. The Bertz CT molecular complexity index is 278. The van der Waals surface area contributed by atoms with E-state index in [1.54, 1.807) is 11.3 Å². The zero-order valence-electron chi connectivity index (χ0n) is 9.60. The molecule has 2 atom stereocenters. The highest BCUT2D eigenvalue weighted by molar-refractivity contribution is 7.09. The quantitative estimate of drug-likeness (QED) is 0.828. The molecular weight excluding hydrogens is 220 g/mol. The molecule has 1 fully saturated rings. The van der Waals surface area contributed by atoms with Crippen LogP contribution in [0.1, 0.15) is 37.0 Å². The van der Waals surface area contributed by atoms with Gasteiger partial charge >= 0.3 is 0 Å². The normalized spacial score (nSPS) is 22.4. The predicted molar refractivity (Wildman–Crippen MR) is 66.9 cm³/mol. The molecule has 2 unspecified atom stereocenters. The molecule has 3 heteroatoms. The van der Waals surface area contributed by atoms with Crippen molar-refractivity contribution in [2.24, 2.45) is 0 Å². The van der Waals surface area contributed by atoms with E-state index in [9.17, 15) is 5.11 Å². The van der Waals surface area contributed by atoms with E-state index in [0.717, 1.165) is 32.3 Å². The maximum atomic E-state index is 9.86. The molecule has 0 amide bonds. The lowest BCUT2D eigenvalue weighted by molar-refractivity contribution is 0.0946. The molecule has 90 valence electrons. The zero-order valence-corrected chi connectivity index (χ0v) is 10.4. The molecular formula is C13H20O2S. The first-order valence-electron chi connectivity index (χ1n) is 6.16. The van der Waals surface area contributed by atoms with E-state index in [1.165, 1.54) is 17.7 Å². The van der Waals surface area contributed by atoms with Crippen molar-refractivity contribution in [3.63, 3.8) is 0 Å². The Labute approximate surface area is 101 Å². The van der Waals surface area contributed by atoms with Crippen molar-refractivity contribution in [1.82, 2.24) is 0 Å². The Morgan fingerprint density at radius 1 is 1.56 bits per heavy atom. The summed E-state index contributed by atoms with van der Waals surface area (Å²) in [6, 6.07) is 4.13. The third-order valence-corrected chi connectivity index (χ3v) is 4.00. The number of hydrogen-bond acceptors (Lipinski definition) is 3. The molecule has 0 spiro atoms. The van der Waals surface area contributed by atoms with Crippen LogP contribution < -0.4 is 0 Å². The Balaban J connectivity index is 1.58. The average Bonchev–Trinajstić information content (AvgIpc) is 2.90. The summed E-state index contributed by atoms with van der Waals surface area (Å²) in [4.78, 5) is 1.28. The highest BCUT2D eigenvalue weighted by Crippen LogP contribution is 2.19. The summed E-state index contributed by atoms with van der Waals surface area (Å²) >= 11 is 1.73. The summed E-state index contributed by atoms with van der Waals surface area (Å²) in [7, 11) is 0. The number of aliphatic hydroxyl groups is 1. The highest BCUT2D eigenvalue weighted by atomic mass is 32.1. The molecule has 1 aliphatic heterocycles. The summed E-state index contributed by atoms with van der Waals surface area (Å²) in [6.45, 7) is 0.933. The van der Waals surface area contributed by atoms with E-state index in [4.69, 9.17) is 4.74 Å². The van der Waals surface area contributed by atoms with Gasteiger partial charge in [0.15, 0.2) is 0 Å². The Morgan fingerprint density at radius 3 is 3.19 bits per heavy atom. The fourth-order valence-corrected chi connectivity index (χ4v) is 2.99. The van der Waals surface area contributed by atoms with Gasteiger partial charge in [0.05, 0.1) is 12.2 Å². The second kappa shape index (κ2) is 6.38. The van der Waals surface area contributed by atoms with E-state index in [1.807, 2.05) is 6.07 Å². The topological polar surface area (TPSA) is 29.5 Å². The first kappa shape index (κ1) is 12.1. The first-order valence-corrected chi connectivity index (χ1v) is 7.04. The monoisotopic (exact) mass is 240 g/mol. The molecule has 1 saturated heterocycles. The molecule has 2 nitrogen and oxygen atoms in total.